The van der Waals surface area contributed by atoms with Crippen molar-refractivity contribution in [2.45, 2.75) is 104 Å². The van der Waals surface area contributed by atoms with E-state index in [1.165, 1.54) is 115 Å². The van der Waals surface area contributed by atoms with Crippen LogP contribution in [0.25, 0.3) is 33.4 Å². The van der Waals surface area contributed by atoms with Gasteiger partial charge < -0.3 is 0 Å². The maximum atomic E-state index is 2.57. The third-order valence-electron chi connectivity index (χ3n) is 9.29. The standard InChI is InChI=1S/C40H48/c1-5-7-9-11-13-27-40(26-12-10-8-6-2)38-28-34(32-18-14-30(3)15-19-32)22-24-36(38)37-25-23-35(29-39(37)40)33-20-16-31(4)17-21-33/h14-25,28-29H,5-13,26-27H2,1-4H3. The lowest BCUT2D eigenvalue weighted by atomic mass is 9.70. The van der Waals surface area contributed by atoms with E-state index in [0.29, 0.717) is 0 Å². The van der Waals surface area contributed by atoms with E-state index in [1.54, 1.807) is 11.1 Å². The largest absolute Gasteiger partial charge is 0.0654 e. The summed E-state index contributed by atoms with van der Waals surface area (Å²) in [6.07, 6.45) is 14.4. The summed E-state index contributed by atoms with van der Waals surface area (Å²) in [5.74, 6) is 0. The Morgan fingerprint density at radius 3 is 1.23 bits per heavy atom. The van der Waals surface area contributed by atoms with Gasteiger partial charge in [-0.1, -0.05) is 156 Å². The highest BCUT2D eigenvalue weighted by Crippen LogP contribution is 2.55. The van der Waals surface area contributed by atoms with Crippen LogP contribution in [0.4, 0.5) is 0 Å². The van der Waals surface area contributed by atoms with Crippen LogP contribution in [0, 0.1) is 13.8 Å². The van der Waals surface area contributed by atoms with Crippen molar-refractivity contribution >= 4 is 0 Å². The summed E-state index contributed by atoms with van der Waals surface area (Å²) in [4.78, 5) is 0. The Bertz CT molecular complexity index is 1290. The summed E-state index contributed by atoms with van der Waals surface area (Å²) in [5.41, 5.74) is 14.2. The van der Waals surface area contributed by atoms with Crippen molar-refractivity contribution in [1.82, 2.24) is 0 Å². The van der Waals surface area contributed by atoms with Crippen molar-refractivity contribution in [2.24, 2.45) is 0 Å². The molecule has 1 aliphatic carbocycles. The summed E-state index contributed by atoms with van der Waals surface area (Å²) >= 11 is 0. The molecule has 0 atom stereocenters. The van der Waals surface area contributed by atoms with Crippen molar-refractivity contribution in [2.75, 3.05) is 0 Å². The van der Waals surface area contributed by atoms with E-state index >= 15 is 0 Å². The predicted octanol–water partition coefficient (Wildman–Crippen LogP) is 12.2. The second kappa shape index (κ2) is 13.0. The van der Waals surface area contributed by atoms with Crippen molar-refractivity contribution in [3.05, 3.63) is 107 Å². The molecular weight excluding hydrogens is 480 g/mol. The molecule has 0 heteroatoms. The van der Waals surface area contributed by atoms with Crippen LogP contribution in [0.1, 0.15) is 107 Å². The van der Waals surface area contributed by atoms with Gasteiger partial charge in [0, 0.05) is 5.41 Å². The van der Waals surface area contributed by atoms with Gasteiger partial charge in [-0.25, -0.2) is 0 Å². The number of aryl methyl sites for hydroxylation is 2. The third kappa shape index (κ3) is 5.97. The zero-order valence-corrected chi connectivity index (χ0v) is 25.4. The normalized spacial score (nSPS) is 13.3. The third-order valence-corrected chi connectivity index (χ3v) is 9.29. The molecule has 0 spiro atoms. The average Bonchev–Trinajstić information content (AvgIpc) is 3.24. The first-order valence-corrected chi connectivity index (χ1v) is 16.0. The topological polar surface area (TPSA) is 0 Å². The first-order chi connectivity index (χ1) is 19.6. The number of fused-ring (bicyclic) bond motifs is 3. The minimum Gasteiger partial charge on any atom is -0.0654 e. The fourth-order valence-corrected chi connectivity index (χ4v) is 6.89. The van der Waals surface area contributed by atoms with E-state index in [9.17, 15) is 0 Å². The molecule has 0 radical (unpaired) electrons. The van der Waals surface area contributed by atoms with Crippen LogP contribution >= 0.6 is 0 Å². The Labute approximate surface area is 243 Å². The number of benzene rings is 4. The fourth-order valence-electron chi connectivity index (χ4n) is 6.89. The van der Waals surface area contributed by atoms with Crippen LogP contribution in [-0.4, -0.2) is 0 Å². The van der Waals surface area contributed by atoms with Gasteiger partial charge in [0.25, 0.3) is 0 Å². The van der Waals surface area contributed by atoms with E-state index in [4.69, 9.17) is 0 Å². The Balaban J connectivity index is 1.62. The fraction of sp³-hybridized carbons (Fsp3) is 0.400. The molecule has 0 saturated carbocycles. The lowest BCUT2D eigenvalue weighted by molar-refractivity contribution is 0.400. The molecule has 0 amide bonds. The molecule has 40 heavy (non-hydrogen) atoms. The Morgan fingerprint density at radius 1 is 0.425 bits per heavy atom. The van der Waals surface area contributed by atoms with Gasteiger partial charge in [-0.15, -0.1) is 0 Å². The molecule has 4 aromatic rings. The molecule has 0 unspecified atom stereocenters. The van der Waals surface area contributed by atoms with Gasteiger partial charge in [-0.2, -0.15) is 0 Å². The van der Waals surface area contributed by atoms with Gasteiger partial charge in [-0.3, -0.25) is 0 Å². The minimum absolute atomic E-state index is 0.0893. The second-order valence-corrected chi connectivity index (χ2v) is 12.3. The van der Waals surface area contributed by atoms with Crippen molar-refractivity contribution in [1.29, 1.82) is 0 Å². The summed E-state index contributed by atoms with van der Waals surface area (Å²) in [6.45, 7) is 8.99. The minimum atomic E-state index is 0.0893. The average molecular weight is 529 g/mol. The van der Waals surface area contributed by atoms with Crippen molar-refractivity contribution < 1.29 is 0 Å². The van der Waals surface area contributed by atoms with Crippen LogP contribution in [0.3, 0.4) is 0 Å². The maximum Gasteiger partial charge on any atom is 0.0215 e. The Morgan fingerprint density at radius 2 is 0.800 bits per heavy atom. The number of hydrogen-bond acceptors (Lipinski definition) is 0. The van der Waals surface area contributed by atoms with Crippen LogP contribution < -0.4 is 0 Å². The molecule has 0 bridgehead atoms. The monoisotopic (exact) mass is 528 g/mol. The molecule has 4 aromatic carbocycles. The molecule has 0 N–H and O–H groups in total. The van der Waals surface area contributed by atoms with Crippen molar-refractivity contribution in [3.8, 4) is 33.4 Å². The van der Waals surface area contributed by atoms with Crippen LogP contribution in [0.2, 0.25) is 0 Å². The van der Waals surface area contributed by atoms with Gasteiger partial charge in [0.1, 0.15) is 0 Å². The molecule has 208 valence electrons. The Hall–Kier alpha value is -3.12. The highest BCUT2D eigenvalue weighted by atomic mass is 14.5. The zero-order valence-electron chi connectivity index (χ0n) is 25.4. The summed E-state index contributed by atoms with van der Waals surface area (Å²) in [5, 5.41) is 0. The molecule has 0 nitrogen and oxygen atoms in total. The SMILES string of the molecule is CCCCCCCC1(CCCCCC)c2cc(-c3ccc(C)cc3)ccc2-c2ccc(-c3ccc(C)cc3)cc21. The predicted molar refractivity (Wildman–Crippen MR) is 175 cm³/mol. The highest BCUT2D eigenvalue weighted by Gasteiger charge is 2.42. The van der Waals surface area contributed by atoms with Crippen LogP contribution in [0.5, 0.6) is 0 Å². The lowest BCUT2D eigenvalue weighted by Gasteiger charge is -2.33. The molecule has 0 saturated heterocycles. The van der Waals surface area contributed by atoms with Crippen molar-refractivity contribution in [3.63, 3.8) is 0 Å². The van der Waals surface area contributed by atoms with Gasteiger partial charge >= 0.3 is 0 Å². The number of hydrogen-bond donors (Lipinski definition) is 0. The molecule has 0 aliphatic heterocycles. The van der Waals surface area contributed by atoms with Gasteiger partial charge in [0.05, 0.1) is 0 Å². The van der Waals surface area contributed by atoms with E-state index < -0.39 is 0 Å². The molecular formula is C40H48. The summed E-state index contributed by atoms with van der Waals surface area (Å²) in [7, 11) is 0. The second-order valence-electron chi connectivity index (χ2n) is 12.3. The first kappa shape index (κ1) is 28.4. The highest BCUT2D eigenvalue weighted by molar-refractivity contribution is 5.86. The van der Waals surface area contributed by atoms with Gasteiger partial charge in [0.2, 0.25) is 0 Å². The quantitative estimate of drug-likeness (QED) is 0.151. The molecule has 0 aromatic heterocycles. The molecule has 5 rings (SSSR count). The van der Waals surface area contributed by atoms with Crippen LogP contribution in [-0.2, 0) is 5.41 Å². The van der Waals surface area contributed by atoms with E-state index in [1.807, 2.05) is 0 Å². The lowest BCUT2D eigenvalue weighted by Crippen LogP contribution is -2.25. The summed E-state index contributed by atoms with van der Waals surface area (Å²) < 4.78 is 0. The van der Waals surface area contributed by atoms with E-state index in [-0.39, 0.29) is 5.41 Å². The number of unbranched alkanes of at least 4 members (excludes halogenated alkanes) is 7. The molecule has 1 aliphatic rings. The number of rotatable bonds is 13. The maximum absolute atomic E-state index is 2.57. The van der Waals surface area contributed by atoms with E-state index in [0.717, 1.165) is 0 Å². The Kier molecular flexibility index (Phi) is 9.25. The first-order valence-electron chi connectivity index (χ1n) is 16.0. The smallest absolute Gasteiger partial charge is 0.0215 e. The van der Waals surface area contributed by atoms with Gasteiger partial charge in [-0.05, 0) is 83.3 Å². The van der Waals surface area contributed by atoms with E-state index in [2.05, 4.69) is 113 Å². The zero-order chi connectivity index (χ0) is 28.0. The molecule has 0 fully saturated rings. The molecule has 0 heterocycles. The van der Waals surface area contributed by atoms with Crippen LogP contribution in [0.15, 0.2) is 84.9 Å². The van der Waals surface area contributed by atoms with Gasteiger partial charge in [0.15, 0.2) is 0 Å². The summed E-state index contributed by atoms with van der Waals surface area (Å²) in [6, 6.07) is 32.9.